The van der Waals surface area contributed by atoms with Crippen LogP contribution in [0.2, 0.25) is 0 Å². The molecular formula is C11H24N2O3. The largest absolute Gasteiger partial charge is 0.480 e. The summed E-state index contributed by atoms with van der Waals surface area (Å²) in [6.45, 7) is 8.57. The molecule has 2 unspecified atom stereocenters. The first-order chi connectivity index (χ1) is 7.56. The second-order valence-electron chi connectivity index (χ2n) is 3.84. The average Bonchev–Trinajstić information content (AvgIpc) is 2.24. The highest BCUT2D eigenvalue weighted by atomic mass is 16.5. The van der Waals surface area contributed by atoms with Gasteiger partial charge in [0.05, 0.1) is 6.61 Å². The topological polar surface area (TPSA) is 61.8 Å². The molecule has 0 aliphatic rings. The minimum atomic E-state index is -0.801. The summed E-state index contributed by atoms with van der Waals surface area (Å²) in [5.41, 5.74) is 0. The molecule has 0 heterocycles. The first-order valence-electron chi connectivity index (χ1n) is 5.75. The smallest absolute Gasteiger partial charge is 0.322 e. The number of rotatable bonds is 9. The van der Waals surface area contributed by atoms with E-state index < -0.39 is 12.0 Å². The SMILES string of the molecule is CCNC(CN(CC)C(C)COC)C(=O)O. The lowest BCUT2D eigenvalue weighted by molar-refractivity contribution is -0.140. The van der Waals surface area contributed by atoms with Crippen molar-refractivity contribution < 1.29 is 14.6 Å². The average molecular weight is 232 g/mol. The highest BCUT2D eigenvalue weighted by Crippen LogP contribution is 2.01. The van der Waals surface area contributed by atoms with Crippen LogP contribution in [0, 0.1) is 0 Å². The van der Waals surface area contributed by atoms with Crippen molar-refractivity contribution in [2.45, 2.75) is 32.9 Å². The molecule has 16 heavy (non-hydrogen) atoms. The Morgan fingerprint density at radius 2 is 2.12 bits per heavy atom. The summed E-state index contributed by atoms with van der Waals surface area (Å²) >= 11 is 0. The van der Waals surface area contributed by atoms with Gasteiger partial charge in [-0.2, -0.15) is 0 Å². The molecule has 0 aromatic rings. The molecule has 0 rings (SSSR count). The molecule has 0 aromatic carbocycles. The number of ether oxygens (including phenoxy) is 1. The van der Waals surface area contributed by atoms with Gasteiger partial charge >= 0.3 is 5.97 Å². The number of nitrogens with zero attached hydrogens (tertiary/aromatic N) is 1. The number of carboxylic acid groups (broad SMARTS) is 1. The van der Waals surface area contributed by atoms with E-state index in [9.17, 15) is 4.79 Å². The maximum Gasteiger partial charge on any atom is 0.322 e. The molecule has 0 amide bonds. The van der Waals surface area contributed by atoms with E-state index in [2.05, 4.69) is 10.2 Å². The molecular weight excluding hydrogens is 208 g/mol. The Bertz CT molecular complexity index is 200. The predicted molar refractivity (Wildman–Crippen MR) is 63.7 cm³/mol. The van der Waals surface area contributed by atoms with Crippen LogP contribution in [0.25, 0.3) is 0 Å². The molecule has 96 valence electrons. The Kier molecular flexibility index (Phi) is 8.15. The van der Waals surface area contributed by atoms with Gasteiger partial charge in [0, 0.05) is 19.7 Å². The monoisotopic (exact) mass is 232 g/mol. The number of nitrogens with one attached hydrogen (secondary N) is 1. The summed E-state index contributed by atoms with van der Waals surface area (Å²) in [6.07, 6.45) is 0. The van der Waals surface area contributed by atoms with E-state index in [4.69, 9.17) is 9.84 Å². The molecule has 0 radical (unpaired) electrons. The maximum absolute atomic E-state index is 11.0. The number of hydrogen-bond acceptors (Lipinski definition) is 4. The molecule has 5 nitrogen and oxygen atoms in total. The lowest BCUT2D eigenvalue weighted by atomic mass is 10.2. The number of hydrogen-bond donors (Lipinski definition) is 2. The Morgan fingerprint density at radius 3 is 2.50 bits per heavy atom. The van der Waals surface area contributed by atoms with Crippen LogP contribution in [0.3, 0.4) is 0 Å². The van der Waals surface area contributed by atoms with E-state index in [0.717, 1.165) is 6.54 Å². The normalized spacial score (nSPS) is 15.1. The third-order valence-corrected chi connectivity index (χ3v) is 2.60. The van der Waals surface area contributed by atoms with Gasteiger partial charge in [-0.1, -0.05) is 13.8 Å². The zero-order valence-electron chi connectivity index (χ0n) is 10.7. The van der Waals surface area contributed by atoms with Crippen LogP contribution in [-0.2, 0) is 9.53 Å². The first-order valence-corrected chi connectivity index (χ1v) is 5.75. The summed E-state index contributed by atoms with van der Waals surface area (Å²) in [7, 11) is 1.66. The fourth-order valence-corrected chi connectivity index (χ4v) is 1.68. The van der Waals surface area contributed by atoms with Crippen molar-refractivity contribution in [2.24, 2.45) is 0 Å². The van der Waals surface area contributed by atoms with E-state index in [-0.39, 0.29) is 6.04 Å². The molecule has 0 saturated heterocycles. The summed E-state index contributed by atoms with van der Waals surface area (Å²) in [6, 6.07) is -0.278. The molecule has 2 atom stereocenters. The number of likely N-dealkylation sites (N-methyl/N-ethyl adjacent to an activating group) is 2. The van der Waals surface area contributed by atoms with Crippen molar-refractivity contribution in [1.29, 1.82) is 0 Å². The van der Waals surface area contributed by atoms with Crippen molar-refractivity contribution in [1.82, 2.24) is 10.2 Å². The third-order valence-electron chi connectivity index (χ3n) is 2.60. The molecule has 0 fully saturated rings. The summed E-state index contributed by atoms with van der Waals surface area (Å²) < 4.78 is 5.08. The van der Waals surface area contributed by atoms with Crippen LogP contribution in [0.1, 0.15) is 20.8 Å². The quantitative estimate of drug-likeness (QED) is 0.603. The number of methoxy groups -OCH3 is 1. The van der Waals surface area contributed by atoms with E-state index >= 15 is 0 Å². The maximum atomic E-state index is 11.0. The van der Waals surface area contributed by atoms with Gasteiger partial charge in [-0.15, -0.1) is 0 Å². The fraction of sp³-hybridized carbons (Fsp3) is 0.909. The van der Waals surface area contributed by atoms with Crippen LogP contribution in [0.5, 0.6) is 0 Å². The fourth-order valence-electron chi connectivity index (χ4n) is 1.68. The molecule has 0 aliphatic heterocycles. The van der Waals surface area contributed by atoms with Gasteiger partial charge in [-0.25, -0.2) is 0 Å². The second kappa shape index (κ2) is 8.50. The van der Waals surface area contributed by atoms with Crippen LogP contribution in [0.4, 0.5) is 0 Å². The van der Waals surface area contributed by atoms with Gasteiger partial charge in [0.25, 0.3) is 0 Å². The van der Waals surface area contributed by atoms with Crippen molar-refractivity contribution >= 4 is 5.97 Å². The lowest BCUT2D eigenvalue weighted by Crippen LogP contribution is -2.49. The van der Waals surface area contributed by atoms with Crippen molar-refractivity contribution in [2.75, 3.05) is 33.4 Å². The Hall–Kier alpha value is -0.650. The molecule has 0 spiro atoms. The van der Waals surface area contributed by atoms with Gasteiger partial charge in [0.2, 0.25) is 0 Å². The zero-order chi connectivity index (χ0) is 12.6. The molecule has 0 aromatic heterocycles. The predicted octanol–water partition coefficient (Wildman–Crippen LogP) is 0.406. The number of carboxylic acids is 1. The highest BCUT2D eigenvalue weighted by Gasteiger charge is 2.21. The summed E-state index contributed by atoms with van der Waals surface area (Å²) in [5, 5.41) is 12.0. The van der Waals surface area contributed by atoms with Crippen LogP contribution in [-0.4, -0.2) is 61.4 Å². The number of carbonyl (C=O) groups is 1. The van der Waals surface area contributed by atoms with Crippen molar-refractivity contribution in [3.05, 3.63) is 0 Å². The van der Waals surface area contributed by atoms with Gasteiger partial charge < -0.3 is 15.2 Å². The minimum absolute atomic E-state index is 0.232. The van der Waals surface area contributed by atoms with Gasteiger partial charge in [-0.05, 0) is 20.0 Å². The van der Waals surface area contributed by atoms with E-state index in [0.29, 0.717) is 19.7 Å². The van der Waals surface area contributed by atoms with Gasteiger partial charge in [0.15, 0.2) is 0 Å². The Labute approximate surface area is 97.8 Å². The Balaban J connectivity index is 4.30. The van der Waals surface area contributed by atoms with Crippen molar-refractivity contribution in [3.8, 4) is 0 Å². The third kappa shape index (κ3) is 5.44. The highest BCUT2D eigenvalue weighted by molar-refractivity contribution is 5.73. The molecule has 5 heteroatoms. The van der Waals surface area contributed by atoms with E-state index in [1.807, 2.05) is 20.8 Å². The zero-order valence-corrected chi connectivity index (χ0v) is 10.7. The molecule has 2 N–H and O–H groups in total. The lowest BCUT2D eigenvalue weighted by Gasteiger charge is -2.29. The molecule has 0 bridgehead atoms. The molecule has 0 aliphatic carbocycles. The second-order valence-corrected chi connectivity index (χ2v) is 3.84. The minimum Gasteiger partial charge on any atom is -0.480 e. The van der Waals surface area contributed by atoms with Crippen LogP contribution in [0.15, 0.2) is 0 Å². The van der Waals surface area contributed by atoms with E-state index in [1.54, 1.807) is 7.11 Å². The van der Waals surface area contributed by atoms with Crippen LogP contribution < -0.4 is 5.32 Å². The Morgan fingerprint density at radius 1 is 1.50 bits per heavy atom. The summed E-state index contributed by atoms with van der Waals surface area (Å²) in [5.74, 6) is -0.801. The first kappa shape index (κ1) is 15.3. The van der Waals surface area contributed by atoms with Crippen molar-refractivity contribution in [3.63, 3.8) is 0 Å². The van der Waals surface area contributed by atoms with Crippen LogP contribution >= 0.6 is 0 Å². The van der Waals surface area contributed by atoms with Gasteiger partial charge in [0.1, 0.15) is 6.04 Å². The van der Waals surface area contributed by atoms with E-state index in [1.165, 1.54) is 0 Å². The standard InChI is InChI=1S/C11H24N2O3/c1-5-12-10(11(14)15)7-13(6-2)9(3)8-16-4/h9-10,12H,5-8H2,1-4H3,(H,14,15). The van der Waals surface area contributed by atoms with Gasteiger partial charge in [-0.3, -0.25) is 9.69 Å². The number of aliphatic carboxylic acids is 1. The summed E-state index contributed by atoms with van der Waals surface area (Å²) in [4.78, 5) is 13.1. The molecule has 0 saturated carbocycles.